The van der Waals surface area contributed by atoms with E-state index in [1.807, 2.05) is 20.8 Å². The van der Waals surface area contributed by atoms with Crippen LogP contribution in [0.3, 0.4) is 0 Å². The SMILES string of the molecule is CCc1c(C)nn(-c2nc(NC)ncc2[N+](=O)[O-])c1C. The lowest BCUT2D eigenvalue weighted by atomic mass is 10.1. The van der Waals surface area contributed by atoms with Crippen molar-refractivity contribution in [2.45, 2.75) is 27.2 Å². The van der Waals surface area contributed by atoms with Gasteiger partial charge < -0.3 is 5.32 Å². The second-order valence-electron chi connectivity index (χ2n) is 4.32. The van der Waals surface area contributed by atoms with E-state index in [0.29, 0.717) is 5.95 Å². The Hall–Kier alpha value is -2.51. The van der Waals surface area contributed by atoms with Crippen molar-refractivity contribution in [3.63, 3.8) is 0 Å². The normalized spacial score (nSPS) is 10.6. The molecule has 0 bridgehead atoms. The zero-order valence-corrected chi connectivity index (χ0v) is 11.8. The van der Waals surface area contributed by atoms with Gasteiger partial charge in [-0.1, -0.05) is 6.92 Å². The summed E-state index contributed by atoms with van der Waals surface area (Å²) in [4.78, 5) is 18.7. The molecule has 2 aromatic heterocycles. The Balaban J connectivity index is 2.70. The maximum atomic E-state index is 11.1. The Labute approximate surface area is 116 Å². The van der Waals surface area contributed by atoms with Gasteiger partial charge in [-0.25, -0.2) is 9.67 Å². The van der Waals surface area contributed by atoms with Gasteiger partial charge in [0.2, 0.25) is 11.8 Å². The minimum Gasteiger partial charge on any atom is -0.357 e. The van der Waals surface area contributed by atoms with Crippen LogP contribution in [0.15, 0.2) is 6.20 Å². The average molecular weight is 276 g/mol. The number of rotatable bonds is 4. The molecule has 0 amide bonds. The molecule has 0 spiro atoms. The molecule has 2 heterocycles. The fourth-order valence-electron chi connectivity index (χ4n) is 2.16. The summed E-state index contributed by atoms with van der Waals surface area (Å²) in [7, 11) is 1.66. The van der Waals surface area contributed by atoms with Gasteiger partial charge in [0.25, 0.3) is 0 Å². The monoisotopic (exact) mass is 276 g/mol. The van der Waals surface area contributed by atoms with Crippen LogP contribution < -0.4 is 5.32 Å². The van der Waals surface area contributed by atoms with Gasteiger partial charge in [0.05, 0.1) is 10.6 Å². The van der Waals surface area contributed by atoms with Crippen molar-refractivity contribution in [1.82, 2.24) is 19.7 Å². The molecule has 1 N–H and O–H groups in total. The lowest BCUT2D eigenvalue weighted by Gasteiger charge is -2.06. The molecule has 106 valence electrons. The van der Waals surface area contributed by atoms with Gasteiger partial charge in [0, 0.05) is 12.7 Å². The van der Waals surface area contributed by atoms with E-state index in [9.17, 15) is 10.1 Å². The summed E-state index contributed by atoms with van der Waals surface area (Å²) >= 11 is 0. The molecule has 20 heavy (non-hydrogen) atoms. The van der Waals surface area contributed by atoms with Gasteiger partial charge in [-0.05, 0) is 25.8 Å². The first-order chi connectivity index (χ1) is 9.49. The van der Waals surface area contributed by atoms with Crippen LogP contribution in [-0.4, -0.2) is 31.7 Å². The highest BCUT2D eigenvalue weighted by molar-refractivity contribution is 5.49. The Kier molecular flexibility index (Phi) is 3.64. The van der Waals surface area contributed by atoms with Crippen LogP contribution in [0.25, 0.3) is 5.82 Å². The molecule has 0 unspecified atom stereocenters. The van der Waals surface area contributed by atoms with Gasteiger partial charge >= 0.3 is 5.69 Å². The van der Waals surface area contributed by atoms with Crippen LogP contribution in [0.1, 0.15) is 23.9 Å². The lowest BCUT2D eigenvalue weighted by Crippen LogP contribution is -2.09. The van der Waals surface area contributed by atoms with Gasteiger partial charge in [0.15, 0.2) is 0 Å². The molecule has 2 rings (SSSR count). The Morgan fingerprint density at radius 3 is 2.65 bits per heavy atom. The number of nitrogens with one attached hydrogen (secondary N) is 1. The molecule has 2 aromatic rings. The molecular weight excluding hydrogens is 260 g/mol. The molecule has 0 saturated heterocycles. The Bertz CT molecular complexity index is 664. The number of hydrogen-bond donors (Lipinski definition) is 1. The van der Waals surface area contributed by atoms with Gasteiger partial charge in [-0.2, -0.15) is 10.1 Å². The molecule has 0 aromatic carbocycles. The third-order valence-corrected chi connectivity index (χ3v) is 3.17. The molecule has 0 radical (unpaired) electrons. The van der Waals surface area contributed by atoms with Crippen molar-refractivity contribution < 1.29 is 4.92 Å². The number of nitro groups is 1. The first kappa shape index (κ1) is 13.9. The first-order valence-corrected chi connectivity index (χ1v) is 6.24. The van der Waals surface area contributed by atoms with Crippen LogP contribution in [0.2, 0.25) is 0 Å². The number of aromatic nitrogens is 4. The third-order valence-electron chi connectivity index (χ3n) is 3.17. The summed E-state index contributed by atoms with van der Waals surface area (Å²) in [6.07, 6.45) is 2.01. The highest BCUT2D eigenvalue weighted by Gasteiger charge is 2.22. The number of hydrogen-bond acceptors (Lipinski definition) is 6. The summed E-state index contributed by atoms with van der Waals surface area (Å²) in [5.74, 6) is 0.492. The average Bonchev–Trinajstić information content (AvgIpc) is 2.72. The van der Waals surface area contributed by atoms with Crippen LogP contribution >= 0.6 is 0 Å². The minimum atomic E-state index is -0.503. The second-order valence-corrected chi connectivity index (χ2v) is 4.32. The molecule has 0 aliphatic carbocycles. The highest BCUT2D eigenvalue weighted by atomic mass is 16.6. The van der Waals surface area contributed by atoms with Crippen molar-refractivity contribution in [3.05, 3.63) is 33.3 Å². The van der Waals surface area contributed by atoms with Gasteiger partial charge in [0.1, 0.15) is 6.20 Å². The standard InChI is InChI=1S/C12H16N6O2/c1-5-9-7(2)16-17(8(9)3)11-10(18(19)20)6-14-12(13-4)15-11/h6H,5H2,1-4H3,(H,13,14,15). The van der Waals surface area contributed by atoms with E-state index in [0.717, 1.165) is 23.4 Å². The van der Waals surface area contributed by atoms with Crippen molar-refractivity contribution >= 4 is 11.6 Å². The molecule has 0 aliphatic heterocycles. The number of aryl methyl sites for hydroxylation is 1. The van der Waals surface area contributed by atoms with Crippen molar-refractivity contribution in [1.29, 1.82) is 0 Å². The van der Waals surface area contributed by atoms with Gasteiger partial charge in [-0.15, -0.1) is 0 Å². The molecule has 0 saturated carbocycles. The first-order valence-electron chi connectivity index (χ1n) is 6.24. The van der Waals surface area contributed by atoms with E-state index < -0.39 is 4.92 Å². The summed E-state index contributed by atoms with van der Waals surface area (Å²) < 4.78 is 1.51. The maximum absolute atomic E-state index is 11.1. The van der Waals surface area contributed by atoms with Crippen LogP contribution in [0.5, 0.6) is 0 Å². The summed E-state index contributed by atoms with van der Waals surface area (Å²) in [6.45, 7) is 5.78. The summed E-state index contributed by atoms with van der Waals surface area (Å²) in [5.41, 5.74) is 2.61. The molecule has 0 fully saturated rings. The van der Waals surface area contributed by atoms with Crippen molar-refractivity contribution in [2.24, 2.45) is 0 Å². The molecule has 8 heteroatoms. The summed E-state index contributed by atoms with van der Waals surface area (Å²) in [5, 5.41) is 18.3. The second kappa shape index (κ2) is 5.24. The van der Waals surface area contributed by atoms with Crippen molar-refractivity contribution in [3.8, 4) is 5.82 Å². The predicted molar refractivity (Wildman–Crippen MR) is 74.2 cm³/mol. The number of anilines is 1. The maximum Gasteiger partial charge on any atom is 0.332 e. The molecular formula is C12H16N6O2. The van der Waals surface area contributed by atoms with E-state index in [1.165, 1.54) is 10.9 Å². The lowest BCUT2D eigenvalue weighted by molar-refractivity contribution is -0.385. The predicted octanol–water partition coefficient (Wildman–Crippen LogP) is 1.79. The van der Waals surface area contributed by atoms with Gasteiger partial charge in [-0.3, -0.25) is 10.1 Å². The van der Waals surface area contributed by atoms with Crippen LogP contribution in [0.4, 0.5) is 11.6 Å². The zero-order valence-electron chi connectivity index (χ0n) is 11.8. The Morgan fingerprint density at radius 1 is 1.45 bits per heavy atom. The van der Waals surface area contributed by atoms with Crippen molar-refractivity contribution in [2.75, 3.05) is 12.4 Å². The van der Waals surface area contributed by atoms with E-state index in [4.69, 9.17) is 0 Å². The zero-order chi connectivity index (χ0) is 14.9. The largest absolute Gasteiger partial charge is 0.357 e. The quantitative estimate of drug-likeness (QED) is 0.675. The highest BCUT2D eigenvalue weighted by Crippen LogP contribution is 2.24. The molecule has 0 aliphatic rings. The molecule has 8 nitrogen and oxygen atoms in total. The summed E-state index contributed by atoms with van der Waals surface area (Å²) in [6, 6.07) is 0. The van der Waals surface area contributed by atoms with E-state index >= 15 is 0 Å². The fraction of sp³-hybridized carbons (Fsp3) is 0.417. The van der Waals surface area contributed by atoms with Crippen LogP contribution in [0, 0.1) is 24.0 Å². The fourth-order valence-corrected chi connectivity index (χ4v) is 2.16. The number of nitrogens with zero attached hydrogens (tertiary/aromatic N) is 5. The van der Waals surface area contributed by atoms with E-state index in [-0.39, 0.29) is 11.5 Å². The smallest absolute Gasteiger partial charge is 0.332 e. The van der Waals surface area contributed by atoms with E-state index in [2.05, 4.69) is 20.4 Å². The Morgan fingerprint density at radius 2 is 2.15 bits per heavy atom. The van der Waals surface area contributed by atoms with E-state index in [1.54, 1.807) is 7.05 Å². The molecule has 0 atom stereocenters. The topological polar surface area (TPSA) is 98.8 Å². The van der Waals surface area contributed by atoms with Crippen LogP contribution in [-0.2, 0) is 6.42 Å². The minimum absolute atomic E-state index is 0.169. The third kappa shape index (κ3) is 2.20.